The third kappa shape index (κ3) is 9.92. The number of ether oxygens (including phenoxy) is 4. The van der Waals surface area contributed by atoms with Gasteiger partial charge in [0.15, 0.2) is 17.8 Å². The van der Waals surface area contributed by atoms with E-state index < -0.39 is 72.6 Å². The monoisotopic (exact) mass is 1410 g/mol. The van der Waals surface area contributed by atoms with Gasteiger partial charge in [0.25, 0.3) is 0 Å². The maximum absolute atomic E-state index is 16.9. The third-order valence-electron chi connectivity index (χ3n) is 29.8. The number of esters is 2. The number of hydrogen-bond donors (Lipinski definition) is 4. The number of aliphatic hydroxyl groups is 4. The van der Waals surface area contributed by atoms with Crippen LogP contribution in [-0.4, -0.2) is 70.7 Å². The van der Waals surface area contributed by atoms with Gasteiger partial charge in [-0.15, -0.1) is 0 Å². The Morgan fingerprint density at radius 2 is 1.61 bits per heavy atom. The number of rotatable bonds is 8. The highest BCUT2D eigenvalue weighted by atomic mass is 16.6. The van der Waals surface area contributed by atoms with Crippen molar-refractivity contribution in [2.45, 2.75) is 194 Å². The number of hydrogen-bond acceptors (Lipinski definition) is 12. The first-order valence-electron chi connectivity index (χ1n) is 39.9. The van der Waals surface area contributed by atoms with Crippen LogP contribution in [0.2, 0.25) is 0 Å². The summed E-state index contributed by atoms with van der Waals surface area (Å²) in [7, 11) is 0. The van der Waals surface area contributed by atoms with E-state index in [0.717, 1.165) is 80.9 Å². The lowest BCUT2D eigenvalue weighted by Crippen LogP contribution is -2.59. The molecule has 12 nitrogen and oxygen atoms in total. The zero-order chi connectivity index (χ0) is 71.6. The Labute approximate surface area is 620 Å². The van der Waals surface area contributed by atoms with Crippen molar-refractivity contribution in [2.24, 2.45) is 47.3 Å². The van der Waals surface area contributed by atoms with Crippen molar-refractivity contribution in [1.82, 2.24) is 0 Å². The summed E-state index contributed by atoms with van der Waals surface area (Å²) in [5.74, 6) is 6.09. The lowest BCUT2D eigenvalue weighted by molar-refractivity contribution is -0.202. The van der Waals surface area contributed by atoms with Crippen molar-refractivity contribution in [2.75, 3.05) is 26.6 Å². The molecule has 12 heteroatoms. The Hall–Kier alpha value is -8.41. The minimum absolute atomic E-state index is 0.00353. The maximum atomic E-state index is 16.9. The van der Waals surface area contributed by atoms with Crippen molar-refractivity contribution in [3.63, 3.8) is 0 Å². The first-order valence-corrected chi connectivity index (χ1v) is 39.9. The molecule has 19 atom stereocenters. The van der Waals surface area contributed by atoms with E-state index in [1.807, 2.05) is 13.0 Å². The fourth-order valence-corrected chi connectivity index (χ4v) is 25.4. The standard InChI is InChI=1S/C94H94O12/c1-51(47-96)72-45-74-69-30-23-57-41-73(69)61-42-76-80-46-75-68-13-4-3-9-55(68)39-58(84(75)76)21-26-62-10-5-6-35-93(62,81(74)43-61)63-24-17-52(18-25-63)37-53-16-19-54-20-27-64-11-7-12-65-28-31-70-67(14-8-15-78(70)94(64,65)79(54)38-53)56-22-29-66(57)60(40-56)44-83(99)103-88-86-82(106-92(80,2)89(88)105-90(72)100)33-32-71-77(48-97)85(91(101)104-87(71)86)59(34-36-95)49-102-50-98/h3-4,8-9,13-20,22-25,27,29-30,32-33,38-39,41,56,59-62,64-66,74-76,80-81,84,88-89,95-98H,5-7,10-12,28,31,34-37,40,42-50H2,1-2H3. The molecule has 4 N–H and O–H groups in total. The van der Waals surface area contributed by atoms with E-state index in [9.17, 15) is 20.4 Å². The molecule has 7 aromatic rings. The van der Waals surface area contributed by atoms with E-state index in [1.54, 1.807) is 6.07 Å². The van der Waals surface area contributed by atoms with E-state index in [-0.39, 0.29) is 119 Å². The fourth-order valence-electron chi connectivity index (χ4n) is 25.4. The van der Waals surface area contributed by atoms with E-state index in [4.69, 9.17) is 23.4 Å². The molecular formula is C94H94O12. The highest BCUT2D eigenvalue weighted by molar-refractivity contribution is 5.91. The summed E-state index contributed by atoms with van der Waals surface area (Å²) in [5.41, 5.74) is 16.5. The zero-order valence-electron chi connectivity index (χ0n) is 60.7. The van der Waals surface area contributed by atoms with Gasteiger partial charge in [-0.25, -0.2) is 9.59 Å². The topological polar surface area (TPSA) is 182 Å². The van der Waals surface area contributed by atoms with Gasteiger partial charge in [0, 0.05) is 81.5 Å². The summed E-state index contributed by atoms with van der Waals surface area (Å²) >= 11 is 0. The quantitative estimate of drug-likeness (QED) is 0.0283. The highest BCUT2D eigenvalue weighted by Gasteiger charge is 2.65. The summed E-state index contributed by atoms with van der Waals surface area (Å²) in [6, 6.07) is 44.1. The van der Waals surface area contributed by atoms with Crippen LogP contribution in [0.4, 0.5) is 0 Å². The van der Waals surface area contributed by atoms with Crippen molar-refractivity contribution in [1.29, 1.82) is 0 Å². The molecule has 0 radical (unpaired) electrons. The first-order chi connectivity index (χ1) is 51.8. The second-order valence-electron chi connectivity index (χ2n) is 34.3. The molecule has 106 heavy (non-hydrogen) atoms. The molecule has 0 amide bonds. The summed E-state index contributed by atoms with van der Waals surface area (Å²) < 4.78 is 35.1. The van der Waals surface area contributed by atoms with Crippen molar-refractivity contribution in [3.05, 3.63) is 250 Å². The van der Waals surface area contributed by atoms with Gasteiger partial charge in [0.1, 0.15) is 18.1 Å². The van der Waals surface area contributed by atoms with Crippen LogP contribution in [0, 0.1) is 59.2 Å². The minimum atomic E-state index is -1.47. The molecule has 2 spiro atoms. The lowest BCUT2D eigenvalue weighted by Gasteiger charge is -2.55. The highest BCUT2D eigenvalue weighted by Crippen LogP contribution is 2.68. The van der Waals surface area contributed by atoms with Crippen LogP contribution in [0.25, 0.3) is 23.1 Å². The molecule has 3 saturated carbocycles. The van der Waals surface area contributed by atoms with Gasteiger partial charge in [-0.1, -0.05) is 159 Å². The van der Waals surface area contributed by atoms with E-state index in [2.05, 4.69) is 152 Å². The minimum Gasteiger partial charge on any atom is -0.483 e. The van der Waals surface area contributed by atoms with Gasteiger partial charge in [-0.3, -0.25) is 4.79 Å². The first kappa shape index (κ1) is 67.0. The van der Waals surface area contributed by atoms with Crippen LogP contribution in [0.15, 0.2) is 159 Å². The molecular weight excluding hydrogens is 1320 g/mol. The van der Waals surface area contributed by atoms with Gasteiger partial charge in [0.05, 0.1) is 25.4 Å². The molecule has 542 valence electrons. The van der Waals surface area contributed by atoms with Crippen molar-refractivity contribution >= 4 is 35.1 Å². The SMILES string of the molecule is CC(CO)=C1CC2c3ccc4cc3C3CC5C6C7=Cc8ccccc8C6CC5C5(C)Oc6ccc8c(CO)c(C(CCO)COCO)c(=O)oc8c6C(OC(=O)CC6CC(C=CC46)c4cccc6c4CCC4CCCC8C=Cc9ccc(cc9C684)Cc4ccc(cc4)C4(CCCCC4C#C7)C2C3)C5OC1=O. The van der Waals surface area contributed by atoms with Crippen molar-refractivity contribution < 1.29 is 53.4 Å². The summed E-state index contributed by atoms with van der Waals surface area (Å²) in [6.07, 6.45) is 22.9. The van der Waals surface area contributed by atoms with Crippen molar-refractivity contribution in [3.8, 4) is 17.6 Å². The number of fused-ring (bicyclic) bond motifs is 6. The van der Waals surface area contributed by atoms with Gasteiger partial charge in [-0.2, -0.15) is 0 Å². The molecule has 3 aliphatic heterocycles. The predicted molar refractivity (Wildman–Crippen MR) is 405 cm³/mol. The number of allylic oxidation sites excluding steroid dienone is 4. The predicted octanol–water partition coefficient (Wildman–Crippen LogP) is 16.4. The Bertz CT molecular complexity index is 5080. The van der Waals surface area contributed by atoms with Crippen LogP contribution in [-0.2, 0) is 54.1 Å². The molecule has 0 saturated heterocycles. The fraction of sp³-hybridized carbons (Fsp3) is 0.457. The molecule has 20 aliphatic rings. The zero-order valence-corrected chi connectivity index (χ0v) is 60.7. The van der Waals surface area contributed by atoms with E-state index >= 15 is 14.4 Å². The Kier molecular flexibility index (Phi) is 16.2. The maximum Gasteiger partial charge on any atom is 0.340 e. The van der Waals surface area contributed by atoms with Gasteiger partial charge >= 0.3 is 17.6 Å². The normalized spacial score (nSPS) is 34.2. The average Bonchev–Trinajstić information content (AvgIpc) is 0.858. The summed E-state index contributed by atoms with van der Waals surface area (Å²) in [6.45, 7) is 1.79. The van der Waals surface area contributed by atoms with Crippen LogP contribution in [0.5, 0.6) is 5.75 Å². The third-order valence-corrected chi connectivity index (χ3v) is 29.8. The number of benzene rings is 6. The summed E-state index contributed by atoms with van der Waals surface area (Å²) in [4.78, 5) is 48.7. The second kappa shape index (κ2) is 25.6. The molecule has 19 unspecified atom stereocenters. The largest absolute Gasteiger partial charge is 0.483 e. The molecule has 6 aromatic carbocycles. The van der Waals surface area contributed by atoms with E-state index in [1.165, 1.54) is 74.0 Å². The number of carbonyl (C=O) groups is 2. The van der Waals surface area contributed by atoms with Gasteiger partial charge < -0.3 is 43.8 Å². The molecule has 22 bridgehead atoms. The second-order valence-corrected chi connectivity index (χ2v) is 34.3. The van der Waals surface area contributed by atoms with Crippen LogP contribution in [0.1, 0.15) is 241 Å². The number of carbonyl (C=O) groups excluding carboxylic acids is 2. The molecule has 1 aromatic heterocycles. The molecule has 27 rings (SSSR count). The smallest absolute Gasteiger partial charge is 0.340 e. The Morgan fingerprint density at radius 3 is 2.47 bits per heavy atom. The van der Waals surface area contributed by atoms with E-state index in [0.29, 0.717) is 47.0 Å². The van der Waals surface area contributed by atoms with Crippen LogP contribution >= 0.6 is 0 Å². The molecule has 17 aliphatic carbocycles. The Morgan fingerprint density at radius 1 is 0.745 bits per heavy atom. The van der Waals surface area contributed by atoms with Crippen LogP contribution < -0.4 is 10.4 Å². The molecule has 3 fully saturated rings. The summed E-state index contributed by atoms with van der Waals surface area (Å²) in [5, 5.41) is 44.0. The lowest BCUT2D eigenvalue weighted by atomic mass is 9.48. The van der Waals surface area contributed by atoms with Crippen LogP contribution in [0.3, 0.4) is 0 Å². The number of aliphatic hydroxyl groups excluding tert-OH is 4. The molecule has 4 heterocycles. The average molecular weight is 1420 g/mol. The van der Waals surface area contributed by atoms with Gasteiger partial charge in [-0.05, 0) is 246 Å². The van der Waals surface area contributed by atoms with Gasteiger partial charge in [0.2, 0.25) is 0 Å². The Balaban J connectivity index is 0.884.